The predicted octanol–water partition coefficient (Wildman–Crippen LogP) is 1.10. The number of aromatic nitrogens is 2. The van der Waals surface area contributed by atoms with Crippen LogP contribution in [0.1, 0.15) is 57.7 Å². The molecule has 1 aromatic heterocycles. The summed E-state index contributed by atoms with van der Waals surface area (Å²) < 4.78 is 31.1. The van der Waals surface area contributed by atoms with E-state index in [1.165, 1.54) is 0 Å². The van der Waals surface area contributed by atoms with Crippen molar-refractivity contribution in [2.45, 2.75) is 58.4 Å². The monoisotopic (exact) mass is 400 g/mol. The smallest absolute Gasteiger partial charge is 0.228 e. The quantitative estimate of drug-likeness (QED) is 0.496. The lowest BCUT2D eigenvalue weighted by Crippen LogP contribution is -2.50. The zero-order valence-corrected chi connectivity index (χ0v) is 17.5. The summed E-state index contributed by atoms with van der Waals surface area (Å²) in [6, 6.07) is 0.209. The first-order valence-electron chi connectivity index (χ1n) is 9.63. The minimum absolute atomic E-state index is 0.209. The molecule has 0 bridgehead atoms. The summed E-state index contributed by atoms with van der Waals surface area (Å²) in [7, 11) is -1.38. The van der Waals surface area contributed by atoms with Gasteiger partial charge in [-0.15, -0.1) is 0 Å². The Morgan fingerprint density at radius 2 is 2.07 bits per heavy atom. The Hall–Kier alpha value is -1.68. The standard InChI is InChI=1S/C17H32N6O3S/c1-5-12-27(24,25)23-10-7-14(8-11-23)20-17(18-4)19-9-6-15-21-16(13(2)3)22-26-15/h13-14H,5-12H2,1-4H3,(H2,18,19,20). The number of guanidine groups is 1. The van der Waals surface area contributed by atoms with Crippen molar-refractivity contribution < 1.29 is 12.9 Å². The van der Waals surface area contributed by atoms with Crippen molar-refractivity contribution in [2.24, 2.45) is 4.99 Å². The Bertz CT molecular complexity index is 708. The molecule has 0 aliphatic carbocycles. The van der Waals surface area contributed by atoms with Gasteiger partial charge < -0.3 is 15.2 Å². The van der Waals surface area contributed by atoms with Crippen molar-refractivity contribution in [3.8, 4) is 0 Å². The van der Waals surface area contributed by atoms with Gasteiger partial charge in [0.2, 0.25) is 15.9 Å². The first kappa shape index (κ1) is 21.6. The number of piperidine rings is 1. The van der Waals surface area contributed by atoms with Gasteiger partial charge in [0.15, 0.2) is 11.8 Å². The van der Waals surface area contributed by atoms with Gasteiger partial charge >= 0.3 is 0 Å². The number of hydrogen-bond acceptors (Lipinski definition) is 6. The lowest BCUT2D eigenvalue weighted by Gasteiger charge is -2.32. The topological polar surface area (TPSA) is 113 Å². The van der Waals surface area contributed by atoms with E-state index in [0.717, 1.165) is 18.7 Å². The highest BCUT2D eigenvalue weighted by atomic mass is 32.2. The van der Waals surface area contributed by atoms with Gasteiger partial charge in [0.05, 0.1) is 5.75 Å². The van der Waals surface area contributed by atoms with Crippen LogP contribution in [0.4, 0.5) is 0 Å². The third-order valence-corrected chi connectivity index (χ3v) is 6.58. The molecule has 2 heterocycles. The van der Waals surface area contributed by atoms with Crippen molar-refractivity contribution in [3.63, 3.8) is 0 Å². The Morgan fingerprint density at radius 1 is 1.37 bits per heavy atom. The molecule has 9 nitrogen and oxygen atoms in total. The zero-order valence-electron chi connectivity index (χ0n) is 16.7. The summed E-state index contributed by atoms with van der Waals surface area (Å²) in [6.07, 6.45) is 2.81. The van der Waals surface area contributed by atoms with Crippen LogP contribution in [-0.4, -0.2) is 67.3 Å². The second-order valence-electron chi connectivity index (χ2n) is 7.08. The van der Waals surface area contributed by atoms with E-state index in [1.54, 1.807) is 11.4 Å². The highest BCUT2D eigenvalue weighted by Gasteiger charge is 2.27. The molecule has 2 N–H and O–H groups in total. The van der Waals surface area contributed by atoms with Crippen LogP contribution in [0, 0.1) is 0 Å². The Balaban J connectivity index is 1.74. The maximum atomic E-state index is 12.1. The zero-order chi connectivity index (χ0) is 19.9. The van der Waals surface area contributed by atoms with Gasteiger partial charge in [-0.2, -0.15) is 4.98 Å². The molecule has 0 unspecified atom stereocenters. The maximum Gasteiger partial charge on any atom is 0.228 e. The summed E-state index contributed by atoms with van der Waals surface area (Å²) in [5.74, 6) is 2.50. The highest BCUT2D eigenvalue weighted by Crippen LogP contribution is 2.15. The van der Waals surface area contributed by atoms with E-state index in [2.05, 4.69) is 25.8 Å². The molecule has 1 aliphatic heterocycles. The van der Waals surface area contributed by atoms with E-state index in [9.17, 15) is 8.42 Å². The fourth-order valence-electron chi connectivity index (χ4n) is 2.95. The van der Waals surface area contributed by atoms with Crippen molar-refractivity contribution in [3.05, 3.63) is 11.7 Å². The van der Waals surface area contributed by atoms with E-state index in [4.69, 9.17) is 4.52 Å². The van der Waals surface area contributed by atoms with E-state index in [1.807, 2.05) is 20.8 Å². The second-order valence-corrected chi connectivity index (χ2v) is 9.17. The Morgan fingerprint density at radius 3 is 2.63 bits per heavy atom. The van der Waals surface area contributed by atoms with Crippen LogP contribution in [0.2, 0.25) is 0 Å². The van der Waals surface area contributed by atoms with Gasteiger partial charge in [-0.1, -0.05) is 25.9 Å². The highest BCUT2D eigenvalue weighted by molar-refractivity contribution is 7.89. The Labute approximate surface area is 162 Å². The van der Waals surface area contributed by atoms with Crippen LogP contribution < -0.4 is 10.6 Å². The molecular formula is C17H32N6O3S. The summed E-state index contributed by atoms with van der Waals surface area (Å²) in [5.41, 5.74) is 0. The first-order valence-corrected chi connectivity index (χ1v) is 11.2. The van der Waals surface area contributed by atoms with Gasteiger partial charge in [0.25, 0.3) is 0 Å². The number of rotatable bonds is 8. The minimum Gasteiger partial charge on any atom is -0.356 e. The van der Waals surface area contributed by atoms with E-state index in [0.29, 0.717) is 44.3 Å². The van der Waals surface area contributed by atoms with Gasteiger partial charge in [0, 0.05) is 45.1 Å². The van der Waals surface area contributed by atoms with Crippen LogP contribution in [0.5, 0.6) is 0 Å². The van der Waals surface area contributed by atoms with Gasteiger partial charge in [-0.3, -0.25) is 4.99 Å². The van der Waals surface area contributed by atoms with Crippen molar-refractivity contribution in [1.29, 1.82) is 0 Å². The summed E-state index contributed by atoms with van der Waals surface area (Å²) >= 11 is 0. The van der Waals surface area contributed by atoms with Crippen LogP contribution in [-0.2, 0) is 16.4 Å². The SMILES string of the molecule is CCCS(=O)(=O)N1CCC(NC(=NC)NCCc2nc(C(C)C)no2)CC1. The van der Waals surface area contributed by atoms with Gasteiger partial charge in [-0.25, -0.2) is 12.7 Å². The molecule has 1 fully saturated rings. The lowest BCUT2D eigenvalue weighted by atomic mass is 10.1. The third-order valence-electron chi connectivity index (χ3n) is 4.51. The predicted molar refractivity (Wildman–Crippen MR) is 105 cm³/mol. The molecule has 1 saturated heterocycles. The molecule has 154 valence electrons. The number of nitrogens with zero attached hydrogens (tertiary/aromatic N) is 4. The largest absolute Gasteiger partial charge is 0.356 e. The fourth-order valence-corrected chi connectivity index (χ4v) is 4.49. The van der Waals surface area contributed by atoms with Crippen molar-refractivity contribution in [1.82, 2.24) is 25.1 Å². The molecular weight excluding hydrogens is 368 g/mol. The van der Waals surface area contributed by atoms with Gasteiger partial charge in [0.1, 0.15) is 0 Å². The maximum absolute atomic E-state index is 12.1. The normalized spacial score (nSPS) is 17.4. The van der Waals surface area contributed by atoms with E-state index >= 15 is 0 Å². The molecule has 0 atom stereocenters. The summed E-state index contributed by atoms with van der Waals surface area (Å²) in [4.78, 5) is 8.59. The summed E-state index contributed by atoms with van der Waals surface area (Å²) in [5, 5.41) is 10.6. The number of hydrogen-bond donors (Lipinski definition) is 2. The molecule has 27 heavy (non-hydrogen) atoms. The average Bonchev–Trinajstić information content (AvgIpc) is 3.10. The first-order chi connectivity index (χ1) is 12.9. The van der Waals surface area contributed by atoms with Crippen molar-refractivity contribution >= 4 is 16.0 Å². The number of aliphatic imine (C=N–C) groups is 1. The summed E-state index contributed by atoms with van der Waals surface area (Å²) in [6.45, 7) is 7.67. The van der Waals surface area contributed by atoms with Crippen molar-refractivity contribution in [2.75, 3.05) is 32.4 Å². The molecule has 0 saturated carbocycles. The molecule has 0 aromatic carbocycles. The van der Waals surface area contributed by atoms with Crippen LogP contribution in [0.3, 0.4) is 0 Å². The third kappa shape index (κ3) is 6.46. The van der Waals surface area contributed by atoms with E-state index in [-0.39, 0.29) is 17.7 Å². The number of sulfonamides is 1. The van der Waals surface area contributed by atoms with Crippen LogP contribution >= 0.6 is 0 Å². The van der Waals surface area contributed by atoms with Crippen LogP contribution in [0.25, 0.3) is 0 Å². The molecule has 1 aromatic rings. The molecule has 0 radical (unpaired) electrons. The number of nitrogens with one attached hydrogen (secondary N) is 2. The molecule has 10 heteroatoms. The Kier molecular flexibility index (Phi) is 8.03. The van der Waals surface area contributed by atoms with E-state index < -0.39 is 10.0 Å². The average molecular weight is 401 g/mol. The van der Waals surface area contributed by atoms with Crippen LogP contribution in [0.15, 0.2) is 9.52 Å². The molecule has 1 aliphatic rings. The lowest BCUT2D eigenvalue weighted by molar-refractivity contribution is 0.306. The molecule has 0 spiro atoms. The minimum atomic E-state index is -3.10. The fraction of sp³-hybridized carbons (Fsp3) is 0.824. The van der Waals surface area contributed by atoms with Gasteiger partial charge in [-0.05, 0) is 19.3 Å². The molecule has 0 amide bonds. The second kappa shape index (κ2) is 10.0. The molecule has 2 rings (SSSR count).